The van der Waals surface area contributed by atoms with E-state index in [1.54, 1.807) is 0 Å². The van der Waals surface area contributed by atoms with Crippen molar-refractivity contribution >= 4 is 0 Å². The minimum absolute atomic E-state index is 0.146. The average Bonchev–Trinajstić information content (AvgIpc) is 2.35. The molecule has 0 saturated carbocycles. The highest BCUT2D eigenvalue weighted by Gasteiger charge is 2.89. The lowest BCUT2D eigenvalue weighted by Crippen LogP contribution is -2.68. The molecule has 1 N–H and O–H groups in total. The number of rotatable bonds is 1. The molecule has 11 heteroatoms. The van der Waals surface area contributed by atoms with Crippen LogP contribution in [0.5, 0.6) is 0 Å². The van der Waals surface area contributed by atoms with Crippen LogP contribution < -0.4 is 0 Å². The summed E-state index contributed by atoms with van der Waals surface area (Å²) in [6, 6.07) is 0. The summed E-state index contributed by atoms with van der Waals surface area (Å²) >= 11 is 0. The highest BCUT2D eigenvalue weighted by molar-refractivity contribution is 5.14. The smallest absolute Gasteiger partial charge is 0.362 e. The second-order valence-corrected chi connectivity index (χ2v) is 3.53. The average molecular weight is 290 g/mol. The number of hydrogen-bond donors (Lipinski definition) is 1. The lowest BCUT2D eigenvalue weighted by atomic mass is 9.91. The molecule has 1 heterocycles. The second-order valence-electron chi connectivity index (χ2n) is 3.53. The van der Waals surface area contributed by atoms with E-state index in [0.29, 0.717) is 0 Å². The van der Waals surface area contributed by atoms with Crippen LogP contribution in [-0.2, 0) is 9.47 Å². The first kappa shape index (κ1) is 15.4. The van der Waals surface area contributed by atoms with Gasteiger partial charge in [0.1, 0.15) is 0 Å². The predicted molar refractivity (Wildman–Crippen MR) is 37.7 cm³/mol. The van der Waals surface area contributed by atoms with Gasteiger partial charge in [-0.25, -0.2) is 0 Å². The van der Waals surface area contributed by atoms with Crippen molar-refractivity contribution in [1.29, 1.82) is 0 Å². The van der Waals surface area contributed by atoms with Gasteiger partial charge in [0, 0.05) is 7.11 Å². The van der Waals surface area contributed by atoms with Gasteiger partial charge in [0.2, 0.25) is 0 Å². The molecule has 0 aromatic carbocycles. The van der Waals surface area contributed by atoms with E-state index >= 15 is 0 Å². The van der Waals surface area contributed by atoms with E-state index in [1.165, 1.54) is 0 Å². The number of ether oxygens (including phenoxy) is 2. The van der Waals surface area contributed by atoms with Gasteiger partial charge >= 0.3 is 24.1 Å². The molecule has 1 rings (SSSR count). The summed E-state index contributed by atoms with van der Waals surface area (Å²) in [5, 5.41) is 8.71. The Kier molecular flexibility index (Phi) is 3.13. The van der Waals surface area contributed by atoms with Crippen LogP contribution in [0.4, 0.5) is 35.1 Å². The Morgan fingerprint density at radius 3 is 1.67 bits per heavy atom. The SMILES string of the molecule is COC1(C(F)(F)F)COC(O)(C(F)(F)F)C1(F)F. The third kappa shape index (κ3) is 1.53. The summed E-state index contributed by atoms with van der Waals surface area (Å²) in [5.41, 5.74) is -4.57. The van der Waals surface area contributed by atoms with Crippen molar-refractivity contribution < 1.29 is 49.7 Å². The maximum atomic E-state index is 13.4. The summed E-state index contributed by atoms with van der Waals surface area (Å²) in [7, 11) is 0.146. The van der Waals surface area contributed by atoms with Gasteiger partial charge in [0.25, 0.3) is 5.60 Å². The van der Waals surface area contributed by atoms with E-state index in [2.05, 4.69) is 9.47 Å². The molecular formula is C7H6F8O3. The number of methoxy groups -OCH3 is 1. The molecule has 0 aromatic rings. The zero-order chi connectivity index (χ0) is 14.6. The molecule has 1 aliphatic rings. The van der Waals surface area contributed by atoms with Crippen molar-refractivity contribution in [1.82, 2.24) is 0 Å². The van der Waals surface area contributed by atoms with Crippen LogP contribution in [0.1, 0.15) is 0 Å². The van der Waals surface area contributed by atoms with E-state index in [-0.39, 0.29) is 7.11 Å². The monoisotopic (exact) mass is 290 g/mol. The summed E-state index contributed by atoms with van der Waals surface area (Å²) in [5.74, 6) is -11.0. The van der Waals surface area contributed by atoms with Gasteiger partial charge in [-0.3, -0.25) is 0 Å². The number of aliphatic hydroxyl groups is 1. The maximum Gasteiger partial charge on any atom is 0.449 e. The largest absolute Gasteiger partial charge is 0.449 e. The van der Waals surface area contributed by atoms with E-state index < -0.39 is 36.3 Å². The van der Waals surface area contributed by atoms with E-state index in [1.807, 2.05) is 0 Å². The fourth-order valence-corrected chi connectivity index (χ4v) is 1.48. The van der Waals surface area contributed by atoms with Crippen LogP contribution in [0.15, 0.2) is 0 Å². The lowest BCUT2D eigenvalue weighted by molar-refractivity contribution is -0.423. The van der Waals surface area contributed by atoms with Crippen LogP contribution in [0.25, 0.3) is 0 Å². The van der Waals surface area contributed by atoms with Crippen molar-refractivity contribution in [2.45, 2.75) is 29.7 Å². The van der Waals surface area contributed by atoms with Gasteiger partial charge in [0.15, 0.2) is 0 Å². The van der Waals surface area contributed by atoms with Crippen LogP contribution in [-0.4, -0.2) is 48.5 Å². The topological polar surface area (TPSA) is 38.7 Å². The van der Waals surface area contributed by atoms with Crippen molar-refractivity contribution in [3.8, 4) is 0 Å². The minimum atomic E-state index is -6.12. The number of alkyl halides is 8. The minimum Gasteiger partial charge on any atom is -0.362 e. The molecule has 2 unspecified atom stereocenters. The quantitative estimate of drug-likeness (QED) is 0.749. The standard InChI is InChI=1S/C7H6F8O3/c1-17-3(6(10,11)12)2-18-5(16,4(3,8)9)7(13,14)15/h16H,2H2,1H3. The number of halogens is 8. The van der Waals surface area contributed by atoms with Gasteiger partial charge < -0.3 is 14.6 Å². The molecule has 108 valence electrons. The first-order chi connectivity index (χ1) is 7.77. The summed E-state index contributed by atoms with van der Waals surface area (Å²) in [4.78, 5) is 0. The van der Waals surface area contributed by atoms with Gasteiger partial charge in [0.05, 0.1) is 6.61 Å². The highest BCUT2D eigenvalue weighted by atomic mass is 19.4. The van der Waals surface area contributed by atoms with Gasteiger partial charge in [-0.1, -0.05) is 0 Å². The lowest BCUT2D eigenvalue weighted by Gasteiger charge is -2.37. The maximum absolute atomic E-state index is 13.4. The first-order valence-corrected chi connectivity index (χ1v) is 4.19. The van der Waals surface area contributed by atoms with Gasteiger partial charge in [-0.15, -0.1) is 0 Å². The summed E-state index contributed by atoms with van der Waals surface area (Å²) in [6.07, 6.45) is -12.0. The normalized spacial score (nSPS) is 37.0. The molecule has 0 radical (unpaired) electrons. The van der Waals surface area contributed by atoms with Crippen LogP contribution in [0.2, 0.25) is 0 Å². The van der Waals surface area contributed by atoms with Crippen molar-refractivity contribution in [3.63, 3.8) is 0 Å². The van der Waals surface area contributed by atoms with E-state index in [0.717, 1.165) is 0 Å². The Morgan fingerprint density at radius 2 is 1.50 bits per heavy atom. The molecule has 1 saturated heterocycles. The van der Waals surface area contributed by atoms with Crippen molar-refractivity contribution in [2.24, 2.45) is 0 Å². The fourth-order valence-electron chi connectivity index (χ4n) is 1.48. The Balaban J connectivity index is 3.41. The molecule has 0 aromatic heterocycles. The second kappa shape index (κ2) is 3.67. The molecule has 3 nitrogen and oxygen atoms in total. The molecule has 18 heavy (non-hydrogen) atoms. The highest BCUT2D eigenvalue weighted by Crippen LogP contribution is 2.59. The third-order valence-electron chi connectivity index (χ3n) is 2.61. The fraction of sp³-hybridized carbons (Fsp3) is 1.00. The molecule has 1 fully saturated rings. The van der Waals surface area contributed by atoms with Gasteiger partial charge in [-0.2, -0.15) is 35.1 Å². The first-order valence-electron chi connectivity index (χ1n) is 4.19. The van der Waals surface area contributed by atoms with Crippen LogP contribution in [0, 0.1) is 0 Å². The predicted octanol–water partition coefficient (Wildman–Crippen LogP) is 1.85. The zero-order valence-corrected chi connectivity index (χ0v) is 8.49. The Morgan fingerprint density at radius 1 is 1.06 bits per heavy atom. The molecule has 2 atom stereocenters. The molecule has 0 aliphatic carbocycles. The molecule has 0 spiro atoms. The Labute approximate surface area is 94.3 Å². The number of hydrogen-bond acceptors (Lipinski definition) is 3. The molecular weight excluding hydrogens is 284 g/mol. The van der Waals surface area contributed by atoms with Crippen LogP contribution >= 0.6 is 0 Å². The zero-order valence-electron chi connectivity index (χ0n) is 8.49. The van der Waals surface area contributed by atoms with Crippen molar-refractivity contribution in [3.05, 3.63) is 0 Å². The van der Waals surface area contributed by atoms with Gasteiger partial charge in [-0.05, 0) is 0 Å². The Bertz CT molecular complexity index is 337. The van der Waals surface area contributed by atoms with Crippen molar-refractivity contribution in [2.75, 3.05) is 13.7 Å². The van der Waals surface area contributed by atoms with Crippen LogP contribution in [0.3, 0.4) is 0 Å². The Hall–Kier alpha value is -0.680. The third-order valence-corrected chi connectivity index (χ3v) is 2.61. The summed E-state index contributed by atoms with van der Waals surface area (Å²) in [6.45, 7) is -2.18. The van der Waals surface area contributed by atoms with E-state index in [4.69, 9.17) is 5.11 Å². The molecule has 1 aliphatic heterocycles. The molecule has 0 amide bonds. The summed E-state index contributed by atoms with van der Waals surface area (Å²) < 4.78 is 108. The van der Waals surface area contributed by atoms with E-state index in [9.17, 15) is 35.1 Å². The molecule has 0 bridgehead atoms.